The van der Waals surface area contributed by atoms with Gasteiger partial charge in [-0.1, -0.05) is 27.2 Å². The summed E-state index contributed by atoms with van der Waals surface area (Å²) < 4.78 is 0. The van der Waals surface area contributed by atoms with Crippen molar-refractivity contribution in [1.82, 2.24) is 5.32 Å². The van der Waals surface area contributed by atoms with Gasteiger partial charge < -0.3 is 5.32 Å². The Morgan fingerprint density at radius 3 is 2.67 bits per heavy atom. The van der Waals surface area contributed by atoms with E-state index in [4.69, 9.17) is 6.42 Å². The fraction of sp³-hybridized carbons (Fsp3) is 0.857. The molecule has 1 fully saturated rings. The summed E-state index contributed by atoms with van der Waals surface area (Å²) in [6.45, 7) is 7.93. The summed E-state index contributed by atoms with van der Waals surface area (Å²) in [6, 6.07) is 0.593. The molecule has 86 valence electrons. The molecule has 0 aromatic rings. The highest BCUT2D eigenvalue weighted by Crippen LogP contribution is 2.35. The SMILES string of the molecule is C#CCC1CC(C)CCC1CNC(C)C. The van der Waals surface area contributed by atoms with Crippen molar-refractivity contribution in [3.05, 3.63) is 0 Å². The van der Waals surface area contributed by atoms with Gasteiger partial charge in [-0.3, -0.25) is 0 Å². The van der Waals surface area contributed by atoms with Crippen LogP contribution in [0.15, 0.2) is 0 Å². The molecule has 0 aromatic carbocycles. The van der Waals surface area contributed by atoms with Gasteiger partial charge in [0.15, 0.2) is 0 Å². The zero-order valence-corrected chi connectivity index (χ0v) is 10.4. The van der Waals surface area contributed by atoms with Gasteiger partial charge in [-0.05, 0) is 37.1 Å². The van der Waals surface area contributed by atoms with Gasteiger partial charge in [-0.25, -0.2) is 0 Å². The summed E-state index contributed by atoms with van der Waals surface area (Å²) in [4.78, 5) is 0. The van der Waals surface area contributed by atoms with Crippen molar-refractivity contribution in [2.45, 2.75) is 52.5 Å². The number of nitrogens with one attached hydrogen (secondary N) is 1. The molecule has 1 rings (SSSR count). The molecule has 1 saturated carbocycles. The highest BCUT2D eigenvalue weighted by molar-refractivity contribution is 4.92. The lowest BCUT2D eigenvalue weighted by atomic mass is 9.73. The minimum Gasteiger partial charge on any atom is -0.314 e. The van der Waals surface area contributed by atoms with Gasteiger partial charge in [-0.15, -0.1) is 12.3 Å². The Morgan fingerprint density at radius 1 is 1.33 bits per heavy atom. The lowest BCUT2D eigenvalue weighted by Gasteiger charge is -2.34. The third-order valence-corrected chi connectivity index (χ3v) is 3.57. The van der Waals surface area contributed by atoms with Crippen LogP contribution in [-0.4, -0.2) is 12.6 Å². The predicted molar refractivity (Wildman–Crippen MR) is 66.6 cm³/mol. The van der Waals surface area contributed by atoms with E-state index in [0.717, 1.165) is 30.7 Å². The fourth-order valence-electron chi connectivity index (χ4n) is 2.62. The number of hydrogen-bond acceptors (Lipinski definition) is 1. The Labute approximate surface area is 95.0 Å². The van der Waals surface area contributed by atoms with Crippen molar-refractivity contribution in [2.75, 3.05) is 6.54 Å². The average molecular weight is 207 g/mol. The quantitative estimate of drug-likeness (QED) is 0.699. The fourth-order valence-corrected chi connectivity index (χ4v) is 2.62. The average Bonchev–Trinajstić information content (AvgIpc) is 2.17. The van der Waals surface area contributed by atoms with Crippen molar-refractivity contribution in [3.8, 4) is 12.3 Å². The number of rotatable bonds is 4. The van der Waals surface area contributed by atoms with Gasteiger partial charge in [0.25, 0.3) is 0 Å². The van der Waals surface area contributed by atoms with Gasteiger partial charge in [0, 0.05) is 12.5 Å². The maximum absolute atomic E-state index is 5.45. The van der Waals surface area contributed by atoms with Gasteiger partial charge in [0.2, 0.25) is 0 Å². The second-order valence-corrected chi connectivity index (χ2v) is 5.41. The Morgan fingerprint density at radius 2 is 2.07 bits per heavy atom. The lowest BCUT2D eigenvalue weighted by molar-refractivity contribution is 0.185. The largest absolute Gasteiger partial charge is 0.314 e. The van der Waals surface area contributed by atoms with E-state index in [0.29, 0.717) is 6.04 Å². The van der Waals surface area contributed by atoms with Gasteiger partial charge in [0.05, 0.1) is 0 Å². The Hall–Kier alpha value is -0.480. The molecule has 1 aliphatic rings. The number of hydrogen-bond donors (Lipinski definition) is 1. The molecule has 0 heterocycles. The third kappa shape index (κ3) is 4.26. The minimum absolute atomic E-state index is 0.593. The van der Waals surface area contributed by atoms with E-state index in [1.54, 1.807) is 0 Å². The Balaban J connectivity index is 2.42. The van der Waals surface area contributed by atoms with Crippen LogP contribution in [0.2, 0.25) is 0 Å². The number of terminal acetylenes is 1. The Bertz CT molecular complexity index is 214. The maximum atomic E-state index is 5.45. The zero-order valence-electron chi connectivity index (χ0n) is 10.4. The first-order valence-corrected chi connectivity index (χ1v) is 6.30. The monoisotopic (exact) mass is 207 g/mol. The molecule has 3 atom stereocenters. The van der Waals surface area contributed by atoms with Crippen molar-refractivity contribution in [1.29, 1.82) is 0 Å². The molecule has 1 heteroatoms. The first-order chi connectivity index (χ1) is 7.13. The minimum atomic E-state index is 0.593. The van der Waals surface area contributed by atoms with Crippen molar-refractivity contribution >= 4 is 0 Å². The molecule has 0 bridgehead atoms. The molecule has 0 aliphatic heterocycles. The smallest absolute Gasteiger partial charge is 0.0118 e. The summed E-state index contributed by atoms with van der Waals surface area (Å²) in [5.74, 6) is 5.28. The molecule has 3 unspecified atom stereocenters. The molecule has 1 N–H and O–H groups in total. The van der Waals surface area contributed by atoms with E-state index < -0.39 is 0 Å². The standard InChI is InChI=1S/C14H25N/c1-5-6-13-9-12(4)7-8-14(13)10-15-11(2)3/h1,11-15H,6-10H2,2-4H3. The van der Waals surface area contributed by atoms with Crippen LogP contribution in [0.4, 0.5) is 0 Å². The van der Waals surface area contributed by atoms with Crippen molar-refractivity contribution < 1.29 is 0 Å². The van der Waals surface area contributed by atoms with Crippen LogP contribution in [0.25, 0.3) is 0 Å². The summed E-state index contributed by atoms with van der Waals surface area (Å²) in [5, 5.41) is 3.55. The van der Waals surface area contributed by atoms with Crippen LogP contribution in [0.5, 0.6) is 0 Å². The van der Waals surface area contributed by atoms with Crippen LogP contribution in [0.3, 0.4) is 0 Å². The summed E-state index contributed by atoms with van der Waals surface area (Å²) in [7, 11) is 0. The third-order valence-electron chi connectivity index (χ3n) is 3.57. The highest BCUT2D eigenvalue weighted by Gasteiger charge is 2.27. The molecule has 0 saturated heterocycles. The van der Waals surface area contributed by atoms with Crippen LogP contribution >= 0.6 is 0 Å². The summed E-state index contributed by atoms with van der Waals surface area (Å²) in [5.41, 5.74) is 0. The molecule has 0 radical (unpaired) electrons. The normalized spacial score (nSPS) is 31.5. The van der Waals surface area contributed by atoms with Gasteiger partial charge >= 0.3 is 0 Å². The molecule has 0 amide bonds. The van der Waals surface area contributed by atoms with E-state index in [1.165, 1.54) is 19.3 Å². The highest BCUT2D eigenvalue weighted by atomic mass is 14.9. The van der Waals surface area contributed by atoms with E-state index in [2.05, 4.69) is 32.0 Å². The maximum Gasteiger partial charge on any atom is 0.0118 e. The summed E-state index contributed by atoms with van der Waals surface area (Å²) in [6.07, 6.45) is 10.5. The molecule has 0 spiro atoms. The van der Waals surface area contributed by atoms with Crippen LogP contribution < -0.4 is 5.32 Å². The lowest BCUT2D eigenvalue weighted by Crippen LogP contribution is -2.35. The van der Waals surface area contributed by atoms with Crippen molar-refractivity contribution in [3.63, 3.8) is 0 Å². The van der Waals surface area contributed by atoms with Crippen LogP contribution in [-0.2, 0) is 0 Å². The second kappa shape index (κ2) is 6.18. The second-order valence-electron chi connectivity index (χ2n) is 5.41. The predicted octanol–water partition coefficient (Wildman–Crippen LogP) is 3.06. The van der Waals surface area contributed by atoms with E-state index >= 15 is 0 Å². The molecule has 1 aliphatic carbocycles. The van der Waals surface area contributed by atoms with Gasteiger partial charge in [0.1, 0.15) is 0 Å². The molecular weight excluding hydrogens is 182 g/mol. The topological polar surface area (TPSA) is 12.0 Å². The van der Waals surface area contributed by atoms with E-state index in [1.807, 2.05) is 0 Å². The van der Waals surface area contributed by atoms with Crippen LogP contribution in [0, 0.1) is 30.1 Å². The molecule has 0 aromatic heterocycles. The first kappa shape index (κ1) is 12.6. The van der Waals surface area contributed by atoms with Gasteiger partial charge in [-0.2, -0.15) is 0 Å². The Kier molecular flexibility index (Phi) is 5.19. The molecular formula is C14H25N. The van der Waals surface area contributed by atoms with E-state index in [9.17, 15) is 0 Å². The molecule has 15 heavy (non-hydrogen) atoms. The first-order valence-electron chi connectivity index (χ1n) is 6.30. The van der Waals surface area contributed by atoms with Crippen molar-refractivity contribution in [2.24, 2.45) is 17.8 Å². The summed E-state index contributed by atoms with van der Waals surface area (Å²) >= 11 is 0. The van der Waals surface area contributed by atoms with E-state index in [-0.39, 0.29) is 0 Å². The molecule has 1 nitrogen and oxygen atoms in total. The van der Waals surface area contributed by atoms with Crippen LogP contribution in [0.1, 0.15) is 46.5 Å². The zero-order chi connectivity index (χ0) is 11.3.